The number of rotatable bonds is 2. The third kappa shape index (κ3) is 4.22. The first-order valence-corrected chi connectivity index (χ1v) is 5.50. The molecule has 106 valence electrons. The third-order valence-corrected chi connectivity index (χ3v) is 2.51. The highest BCUT2D eigenvalue weighted by molar-refractivity contribution is 14.0. The largest absolute Gasteiger partial charge is 0.416 e. The molecule has 0 aliphatic carbocycles. The standard InChI is InChI=1S/C14H10F3NO.HI/c15-14(16,17)11-6-8-12(9-7-11)18-13(19)10-4-2-1-3-5-10;/h1-9H,(H,18,19);1H. The molecule has 0 unspecified atom stereocenters. The van der Waals surface area contributed by atoms with Crippen LogP contribution < -0.4 is 5.32 Å². The maximum Gasteiger partial charge on any atom is 0.416 e. The van der Waals surface area contributed by atoms with Gasteiger partial charge in [-0.2, -0.15) is 13.2 Å². The Morgan fingerprint density at radius 2 is 1.45 bits per heavy atom. The predicted molar refractivity (Wildman–Crippen MR) is 81.3 cm³/mol. The van der Waals surface area contributed by atoms with Crippen LogP contribution in [0.15, 0.2) is 54.6 Å². The van der Waals surface area contributed by atoms with E-state index in [1.807, 2.05) is 0 Å². The van der Waals surface area contributed by atoms with Crippen LogP contribution in [0.1, 0.15) is 15.9 Å². The first kappa shape index (κ1) is 16.5. The van der Waals surface area contributed by atoms with Gasteiger partial charge in [-0.25, -0.2) is 0 Å². The summed E-state index contributed by atoms with van der Waals surface area (Å²) in [5.74, 6) is -0.361. The van der Waals surface area contributed by atoms with Gasteiger partial charge in [-0.05, 0) is 36.4 Å². The summed E-state index contributed by atoms with van der Waals surface area (Å²) in [5.41, 5.74) is 0.0226. The Bertz CT molecular complexity index is 567. The second-order valence-corrected chi connectivity index (χ2v) is 3.90. The minimum atomic E-state index is -4.37. The number of hydrogen-bond acceptors (Lipinski definition) is 1. The van der Waals surface area contributed by atoms with E-state index in [4.69, 9.17) is 0 Å². The van der Waals surface area contributed by atoms with Gasteiger partial charge in [0.15, 0.2) is 0 Å². The molecule has 0 atom stereocenters. The second-order valence-electron chi connectivity index (χ2n) is 3.90. The normalized spacial score (nSPS) is 10.6. The lowest BCUT2D eigenvalue weighted by molar-refractivity contribution is -0.137. The van der Waals surface area contributed by atoms with E-state index >= 15 is 0 Å². The van der Waals surface area contributed by atoms with Crippen molar-refractivity contribution in [2.45, 2.75) is 6.18 Å². The van der Waals surface area contributed by atoms with Crippen LogP contribution in [0.3, 0.4) is 0 Å². The molecule has 0 aliphatic heterocycles. The van der Waals surface area contributed by atoms with Crippen molar-refractivity contribution < 1.29 is 18.0 Å². The summed E-state index contributed by atoms with van der Waals surface area (Å²) in [6.07, 6.45) is -4.37. The molecule has 2 nitrogen and oxygen atoms in total. The average molecular weight is 393 g/mol. The Morgan fingerprint density at radius 1 is 0.900 bits per heavy atom. The molecule has 0 saturated heterocycles. The Morgan fingerprint density at radius 3 is 1.95 bits per heavy atom. The fourth-order valence-corrected chi connectivity index (χ4v) is 1.54. The van der Waals surface area contributed by atoms with Crippen LogP contribution in [0.5, 0.6) is 0 Å². The zero-order chi connectivity index (χ0) is 13.9. The summed E-state index contributed by atoms with van der Waals surface area (Å²) in [5, 5.41) is 2.53. The number of benzene rings is 2. The summed E-state index contributed by atoms with van der Waals surface area (Å²) >= 11 is 0. The van der Waals surface area contributed by atoms with Crippen LogP contribution in [0.4, 0.5) is 18.9 Å². The fourth-order valence-electron chi connectivity index (χ4n) is 1.54. The number of alkyl halides is 3. The molecular formula is C14H11F3INO. The van der Waals surface area contributed by atoms with Crippen molar-refractivity contribution in [1.82, 2.24) is 0 Å². The van der Waals surface area contributed by atoms with E-state index in [2.05, 4.69) is 5.32 Å². The SMILES string of the molecule is I.O=C(Nc1ccc(C(F)(F)F)cc1)c1ccccc1. The van der Waals surface area contributed by atoms with E-state index in [-0.39, 0.29) is 29.9 Å². The van der Waals surface area contributed by atoms with Gasteiger partial charge < -0.3 is 5.32 Å². The predicted octanol–water partition coefficient (Wildman–Crippen LogP) is 4.58. The van der Waals surface area contributed by atoms with Gasteiger partial charge in [0, 0.05) is 11.3 Å². The van der Waals surface area contributed by atoms with Crippen LogP contribution in [-0.2, 0) is 6.18 Å². The van der Waals surface area contributed by atoms with Gasteiger partial charge in [0.2, 0.25) is 0 Å². The van der Waals surface area contributed by atoms with Gasteiger partial charge in [0.05, 0.1) is 5.56 Å². The zero-order valence-electron chi connectivity index (χ0n) is 10.1. The molecule has 0 radical (unpaired) electrons. The smallest absolute Gasteiger partial charge is 0.322 e. The molecule has 2 rings (SSSR count). The minimum absolute atomic E-state index is 0. The molecule has 2 aromatic rings. The van der Waals surface area contributed by atoms with Crippen LogP contribution >= 0.6 is 24.0 Å². The number of nitrogens with one attached hydrogen (secondary N) is 1. The lowest BCUT2D eigenvalue weighted by Gasteiger charge is -2.08. The monoisotopic (exact) mass is 393 g/mol. The molecule has 2 aromatic carbocycles. The number of halogens is 4. The van der Waals surface area contributed by atoms with E-state index in [0.717, 1.165) is 12.1 Å². The Labute approximate surface area is 131 Å². The Balaban J connectivity index is 0.00000200. The Hall–Kier alpha value is -1.57. The van der Waals surface area contributed by atoms with Crippen molar-refractivity contribution in [3.8, 4) is 0 Å². The molecule has 0 aromatic heterocycles. The first-order chi connectivity index (χ1) is 8.97. The van der Waals surface area contributed by atoms with Crippen LogP contribution in [-0.4, -0.2) is 5.91 Å². The lowest BCUT2D eigenvalue weighted by atomic mass is 10.2. The number of carbonyl (C=O) groups is 1. The highest BCUT2D eigenvalue weighted by Gasteiger charge is 2.29. The van der Waals surface area contributed by atoms with Crippen molar-refractivity contribution in [3.63, 3.8) is 0 Å². The first-order valence-electron chi connectivity index (χ1n) is 5.50. The van der Waals surface area contributed by atoms with Gasteiger partial charge >= 0.3 is 6.18 Å². The zero-order valence-corrected chi connectivity index (χ0v) is 12.5. The van der Waals surface area contributed by atoms with Gasteiger partial charge in [-0.15, -0.1) is 24.0 Å². The maximum atomic E-state index is 12.4. The summed E-state index contributed by atoms with van der Waals surface area (Å²) in [6, 6.07) is 12.8. The van der Waals surface area contributed by atoms with Gasteiger partial charge in [0.25, 0.3) is 5.91 Å². The number of anilines is 1. The van der Waals surface area contributed by atoms with E-state index < -0.39 is 11.7 Å². The summed E-state index contributed by atoms with van der Waals surface area (Å²) in [4.78, 5) is 11.8. The number of carbonyl (C=O) groups excluding carboxylic acids is 1. The maximum absolute atomic E-state index is 12.4. The molecule has 0 spiro atoms. The van der Waals surface area contributed by atoms with Crippen molar-refractivity contribution in [1.29, 1.82) is 0 Å². The van der Waals surface area contributed by atoms with Crippen LogP contribution in [0.2, 0.25) is 0 Å². The van der Waals surface area contributed by atoms with Crippen molar-refractivity contribution >= 4 is 35.6 Å². The molecular weight excluding hydrogens is 382 g/mol. The van der Waals surface area contributed by atoms with E-state index in [1.165, 1.54) is 12.1 Å². The van der Waals surface area contributed by atoms with Crippen molar-refractivity contribution in [2.75, 3.05) is 5.32 Å². The molecule has 1 amide bonds. The summed E-state index contributed by atoms with van der Waals surface area (Å²) in [6.45, 7) is 0. The average Bonchev–Trinajstić information content (AvgIpc) is 2.39. The van der Waals surface area contributed by atoms with Gasteiger partial charge in [-0.1, -0.05) is 18.2 Å². The molecule has 1 N–H and O–H groups in total. The van der Waals surface area contributed by atoms with Crippen molar-refractivity contribution in [2.24, 2.45) is 0 Å². The minimum Gasteiger partial charge on any atom is -0.322 e. The topological polar surface area (TPSA) is 29.1 Å². The highest BCUT2D eigenvalue weighted by Crippen LogP contribution is 2.29. The summed E-state index contributed by atoms with van der Waals surface area (Å²) < 4.78 is 37.1. The van der Waals surface area contributed by atoms with Crippen LogP contribution in [0.25, 0.3) is 0 Å². The molecule has 0 heterocycles. The molecule has 0 fully saturated rings. The number of amides is 1. The third-order valence-electron chi connectivity index (χ3n) is 2.51. The summed E-state index contributed by atoms with van der Waals surface area (Å²) in [7, 11) is 0. The van der Waals surface area contributed by atoms with Crippen molar-refractivity contribution in [3.05, 3.63) is 65.7 Å². The lowest BCUT2D eigenvalue weighted by Crippen LogP contribution is -2.12. The molecule has 0 bridgehead atoms. The highest BCUT2D eigenvalue weighted by atomic mass is 127. The van der Waals surface area contributed by atoms with Gasteiger partial charge in [-0.3, -0.25) is 4.79 Å². The Kier molecular flexibility index (Phi) is 5.55. The number of hydrogen-bond donors (Lipinski definition) is 1. The second kappa shape index (κ2) is 6.74. The molecule has 6 heteroatoms. The fraction of sp³-hybridized carbons (Fsp3) is 0.0714. The quantitative estimate of drug-likeness (QED) is 0.744. The van der Waals surface area contributed by atoms with E-state index in [0.29, 0.717) is 11.3 Å². The van der Waals surface area contributed by atoms with E-state index in [1.54, 1.807) is 30.3 Å². The van der Waals surface area contributed by atoms with Crippen LogP contribution in [0, 0.1) is 0 Å². The van der Waals surface area contributed by atoms with E-state index in [9.17, 15) is 18.0 Å². The molecule has 0 aliphatic rings. The molecule has 0 saturated carbocycles. The van der Waals surface area contributed by atoms with Gasteiger partial charge in [0.1, 0.15) is 0 Å². The molecule has 20 heavy (non-hydrogen) atoms.